The predicted octanol–water partition coefficient (Wildman–Crippen LogP) is 0.488. The number of nitrogens with zero attached hydrogens (tertiary/aromatic N) is 1. The zero-order chi connectivity index (χ0) is 8.27. The van der Waals surface area contributed by atoms with E-state index in [0.717, 1.165) is 0 Å². The molecule has 1 aliphatic heterocycles. The fraction of sp³-hybridized carbons (Fsp3) is 0.250. The van der Waals surface area contributed by atoms with Gasteiger partial charge in [0.2, 0.25) is 5.91 Å². The van der Waals surface area contributed by atoms with E-state index in [2.05, 4.69) is 6.58 Å². The number of hydrogen-bond acceptors (Lipinski definition) is 2. The number of rotatable bonds is 2. The highest BCUT2D eigenvalue weighted by Crippen LogP contribution is 2.03. The van der Waals surface area contributed by atoms with Crippen LogP contribution in [0.4, 0.5) is 0 Å². The van der Waals surface area contributed by atoms with Gasteiger partial charge in [0.15, 0.2) is 0 Å². The lowest BCUT2D eigenvalue weighted by Crippen LogP contribution is -2.37. The summed E-state index contributed by atoms with van der Waals surface area (Å²) in [5, 5.41) is 0. The van der Waals surface area contributed by atoms with Crippen LogP contribution in [0.2, 0.25) is 0 Å². The first-order valence-electron chi connectivity index (χ1n) is 3.37. The van der Waals surface area contributed by atoms with Gasteiger partial charge in [-0.2, -0.15) is 0 Å². The van der Waals surface area contributed by atoms with Crippen LogP contribution in [-0.2, 0) is 9.59 Å². The molecule has 0 N–H and O–H groups in total. The van der Waals surface area contributed by atoms with Crippen molar-refractivity contribution in [2.24, 2.45) is 0 Å². The van der Waals surface area contributed by atoms with Gasteiger partial charge in [-0.1, -0.05) is 12.2 Å². The van der Waals surface area contributed by atoms with Crippen LogP contribution < -0.4 is 0 Å². The lowest BCUT2D eigenvalue weighted by atomic mass is 10.2. The normalized spacial score (nSPS) is 17.3. The second-order valence-electron chi connectivity index (χ2n) is 2.24. The van der Waals surface area contributed by atoms with Crippen LogP contribution in [0.1, 0.15) is 6.42 Å². The third kappa shape index (κ3) is 1.55. The standard InChI is InChI=1S/C8H9NO2/c1-2-6-9-7(10)4-3-5-8(9)11/h2-4H,1,5-6H2. The van der Waals surface area contributed by atoms with Crippen LogP contribution in [0.15, 0.2) is 24.8 Å². The van der Waals surface area contributed by atoms with Gasteiger partial charge in [-0.15, -0.1) is 6.58 Å². The van der Waals surface area contributed by atoms with Crippen LogP contribution in [0, 0.1) is 0 Å². The van der Waals surface area contributed by atoms with Crippen LogP contribution >= 0.6 is 0 Å². The average Bonchev–Trinajstić information content (AvgIpc) is 1.97. The zero-order valence-electron chi connectivity index (χ0n) is 6.12. The number of carbonyl (C=O) groups is 2. The van der Waals surface area contributed by atoms with Crippen molar-refractivity contribution < 1.29 is 9.59 Å². The maximum Gasteiger partial charge on any atom is 0.253 e. The Bertz CT molecular complexity index is 230. The largest absolute Gasteiger partial charge is 0.275 e. The van der Waals surface area contributed by atoms with E-state index in [4.69, 9.17) is 0 Å². The molecule has 0 saturated heterocycles. The predicted molar refractivity (Wildman–Crippen MR) is 40.7 cm³/mol. The summed E-state index contributed by atoms with van der Waals surface area (Å²) in [7, 11) is 0. The smallest absolute Gasteiger partial charge is 0.253 e. The summed E-state index contributed by atoms with van der Waals surface area (Å²) in [5.74, 6) is -0.404. The summed E-state index contributed by atoms with van der Waals surface area (Å²) >= 11 is 0. The molecule has 11 heavy (non-hydrogen) atoms. The SMILES string of the molecule is C=CCN1C(=O)C=CCC1=O. The molecule has 1 heterocycles. The minimum atomic E-state index is -0.249. The molecule has 0 radical (unpaired) electrons. The summed E-state index contributed by atoms with van der Waals surface area (Å²) in [6.07, 6.45) is 4.84. The minimum absolute atomic E-state index is 0.155. The molecule has 0 spiro atoms. The molecule has 0 aliphatic carbocycles. The Kier molecular flexibility index (Phi) is 2.21. The molecule has 0 aromatic heterocycles. The van der Waals surface area contributed by atoms with Gasteiger partial charge in [0.05, 0.1) is 0 Å². The van der Waals surface area contributed by atoms with Crippen molar-refractivity contribution in [1.82, 2.24) is 4.90 Å². The van der Waals surface area contributed by atoms with E-state index >= 15 is 0 Å². The second kappa shape index (κ2) is 3.14. The van der Waals surface area contributed by atoms with Gasteiger partial charge in [-0.3, -0.25) is 14.5 Å². The number of amides is 2. The molecule has 1 rings (SSSR count). The molecular formula is C8H9NO2. The Labute approximate surface area is 65.0 Å². The number of hydrogen-bond donors (Lipinski definition) is 0. The first-order chi connectivity index (χ1) is 5.25. The van der Waals surface area contributed by atoms with E-state index in [0.29, 0.717) is 13.0 Å². The van der Waals surface area contributed by atoms with Crippen molar-refractivity contribution in [2.75, 3.05) is 6.54 Å². The Hall–Kier alpha value is -1.38. The molecule has 0 atom stereocenters. The van der Waals surface area contributed by atoms with E-state index < -0.39 is 0 Å². The summed E-state index contributed by atoms with van der Waals surface area (Å²) in [6.45, 7) is 3.76. The van der Waals surface area contributed by atoms with Crippen LogP contribution in [0.25, 0.3) is 0 Å². The van der Waals surface area contributed by atoms with E-state index in [9.17, 15) is 9.59 Å². The maximum atomic E-state index is 11.0. The van der Waals surface area contributed by atoms with Gasteiger partial charge in [-0.05, 0) is 0 Å². The molecule has 0 aromatic rings. The van der Waals surface area contributed by atoms with Crippen LogP contribution in [0.3, 0.4) is 0 Å². The fourth-order valence-corrected chi connectivity index (χ4v) is 0.905. The first kappa shape index (κ1) is 7.72. The lowest BCUT2D eigenvalue weighted by Gasteiger charge is -2.19. The van der Waals surface area contributed by atoms with Crippen molar-refractivity contribution in [1.29, 1.82) is 0 Å². The summed E-state index contributed by atoms with van der Waals surface area (Å²) in [5.41, 5.74) is 0. The summed E-state index contributed by atoms with van der Waals surface area (Å²) in [6, 6.07) is 0. The minimum Gasteiger partial charge on any atom is -0.275 e. The van der Waals surface area contributed by atoms with Gasteiger partial charge in [0, 0.05) is 19.0 Å². The van der Waals surface area contributed by atoms with Gasteiger partial charge in [-0.25, -0.2) is 0 Å². The van der Waals surface area contributed by atoms with Crippen molar-refractivity contribution in [3.8, 4) is 0 Å². The highest BCUT2D eigenvalue weighted by atomic mass is 16.2. The summed E-state index contributed by atoms with van der Waals surface area (Å²) < 4.78 is 0. The first-order valence-corrected chi connectivity index (χ1v) is 3.37. The van der Waals surface area contributed by atoms with Crippen molar-refractivity contribution >= 4 is 11.8 Å². The zero-order valence-corrected chi connectivity index (χ0v) is 6.12. The second-order valence-corrected chi connectivity index (χ2v) is 2.24. The molecule has 0 fully saturated rings. The van der Waals surface area contributed by atoms with Gasteiger partial charge >= 0.3 is 0 Å². The van der Waals surface area contributed by atoms with E-state index in [-0.39, 0.29) is 11.8 Å². The quantitative estimate of drug-likeness (QED) is 0.425. The highest BCUT2D eigenvalue weighted by molar-refractivity contribution is 6.04. The number of carbonyl (C=O) groups excluding carboxylic acids is 2. The number of imide groups is 1. The van der Waals surface area contributed by atoms with Gasteiger partial charge in [0.1, 0.15) is 0 Å². The molecule has 3 nitrogen and oxygen atoms in total. The Balaban J connectivity index is 2.74. The monoisotopic (exact) mass is 151 g/mol. The fourth-order valence-electron chi connectivity index (χ4n) is 0.905. The average molecular weight is 151 g/mol. The molecule has 0 aromatic carbocycles. The van der Waals surface area contributed by atoms with Gasteiger partial charge in [0.25, 0.3) is 5.91 Å². The molecule has 58 valence electrons. The lowest BCUT2D eigenvalue weighted by molar-refractivity contribution is -0.141. The molecular weight excluding hydrogens is 142 g/mol. The third-order valence-electron chi connectivity index (χ3n) is 1.43. The Morgan fingerprint density at radius 2 is 2.36 bits per heavy atom. The molecule has 1 aliphatic rings. The van der Waals surface area contributed by atoms with E-state index in [1.54, 1.807) is 6.08 Å². The molecule has 0 saturated carbocycles. The van der Waals surface area contributed by atoms with Crippen molar-refractivity contribution in [3.05, 3.63) is 24.8 Å². The van der Waals surface area contributed by atoms with E-state index in [1.807, 2.05) is 0 Å². The van der Waals surface area contributed by atoms with Crippen LogP contribution in [0.5, 0.6) is 0 Å². The molecule has 0 bridgehead atoms. The maximum absolute atomic E-state index is 11.0. The van der Waals surface area contributed by atoms with Crippen molar-refractivity contribution in [3.63, 3.8) is 0 Å². The molecule has 2 amide bonds. The van der Waals surface area contributed by atoms with Crippen molar-refractivity contribution in [2.45, 2.75) is 6.42 Å². The Morgan fingerprint density at radius 1 is 1.64 bits per heavy atom. The topological polar surface area (TPSA) is 37.4 Å². The highest BCUT2D eigenvalue weighted by Gasteiger charge is 2.19. The third-order valence-corrected chi connectivity index (χ3v) is 1.43. The van der Waals surface area contributed by atoms with Gasteiger partial charge < -0.3 is 0 Å². The summed E-state index contributed by atoms with van der Waals surface area (Å²) in [4.78, 5) is 23.1. The van der Waals surface area contributed by atoms with Crippen LogP contribution in [-0.4, -0.2) is 23.3 Å². The molecule has 3 heteroatoms. The van der Waals surface area contributed by atoms with E-state index in [1.165, 1.54) is 17.1 Å². The molecule has 0 unspecified atom stereocenters. The Morgan fingerprint density at radius 3 is 2.91 bits per heavy atom.